The molecule has 1 aliphatic rings. The first-order valence-electron chi connectivity index (χ1n) is 11.7. The average Bonchev–Trinajstić information content (AvgIpc) is 3.09. The highest BCUT2D eigenvalue weighted by atomic mass is 16.6. The fourth-order valence-corrected chi connectivity index (χ4v) is 4.24. The Labute approximate surface area is 191 Å². The minimum absolute atomic E-state index is 0.143. The van der Waals surface area contributed by atoms with E-state index in [0.29, 0.717) is 11.8 Å². The minimum Gasteiger partial charge on any atom is -0.483 e. The quantitative estimate of drug-likeness (QED) is 0.627. The van der Waals surface area contributed by atoms with Gasteiger partial charge in [-0.2, -0.15) is 0 Å². The van der Waals surface area contributed by atoms with Crippen molar-refractivity contribution in [1.29, 1.82) is 0 Å². The van der Waals surface area contributed by atoms with Crippen LogP contribution in [0, 0.1) is 0 Å². The monoisotopic (exact) mass is 442 g/mol. The summed E-state index contributed by atoms with van der Waals surface area (Å²) >= 11 is 0. The number of carbonyl (C=O) groups excluding carboxylic acids is 1. The number of aromatic nitrogens is 3. The van der Waals surface area contributed by atoms with Crippen molar-refractivity contribution in [3.05, 3.63) is 41.5 Å². The number of ether oxygens (including phenoxy) is 2. The number of rotatable bonds is 6. The van der Waals surface area contributed by atoms with Gasteiger partial charge in [-0.15, -0.1) is 10.2 Å². The van der Waals surface area contributed by atoms with Crippen LogP contribution in [-0.4, -0.2) is 32.5 Å². The van der Waals surface area contributed by atoms with Crippen LogP contribution in [0.4, 0.5) is 4.79 Å². The first-order chi connectivity index (χ1) is 15.0. The van der Waals surface area contributed by atoms with E-state index in [1.165, 1.54) is 5.56 Å². The van der Waals surface area contributed by atoms with Crippen molar-refractivity contribution < 1.29 is 14.3 Å². The molecular weight excluding hydrogens is 404 g/mol. The van der Waals surface area contributed by atoms with Gasteiger partial charge in [0.2, 0.25) is 0 Å². The predicted molar refractivity (Wildman–Crippen MR) is 125 cm³/mol. The molecular formula is C25H38N4O3. The molecule has 0 unspecified atom stereocenters. The van der Waals surface area contributed by atoms with Crippen molar-refractivity contribution >= 4 is 6.09 Å². The second-order valence-corrected chi connectivity index (χ2v) is 10.2. The van der Waals surface area contributed by atoms with E-state index in [-0.39, 0.29) is 18.2 Å². The molecule has 0 saturated heterocycles. The molecule has 2 aromatic rings. The van der Waals surface area contributed by atoms with Crippen LogP contribution in [0.25, 0.3) is 0 Å². The van der Waals surface area contributed by atoms with Crippen molar-refractivity contribution in [2.75, 3.05) is 0 Å². The Morgan fingerprint density at radius 1 is 1.12 bits per heavy atom. The van der Waals surface area contributed by atoms with E-state index in [1.807, 2.05) is 46.9 Å². The summed E-state index contributed by atoms with van der Waals surface area (Å²) in [7, 11) is 2.01. The lowest BCUT2D eigenvalue weighted by atomic mass is 9.85. The van der Waals surface area contributed by atoms with Gasteiger partial charge in [-0.3, -0.25) is 0 Å². The SMILES string of the molecule is CC(C)c1cccc(O[C@H](C)c2nnc([C@H]3CC[C@H](NC(=O)OC(C)(C)C)CC3)n2C)c1. The first kappa shape index (κ1) is 24.1. The van der Waals surface area contributed by atoms with Gasteiger partial charge < -0.3 is 19.4 Å². The molecule has 1 aliphatic carbocycles. The van der Waals surface area contributed by atoms with Gasteiger partial charge >= 0.3 is 6.09 Å². The van der Waals surface area contributed by atoms with Crippen LogP contribution in [0.2, 0.25) is 0 Å². The maximum atomic E-state index is 12.0. The lowest BCUT2D eigenvalue weighted by Crippen LogP contribution is -2.40. The highest BCUT2D eigenvalue weighted by Gasteiger charge is 2.29. The van der Waals surface area contributed by atoms with E-state index >= 15 is 0 Å². The Bertz CT molecular complexity index is 908. The number of hydrogen-bond acceptors (Lipinski definition) is 5. The van der Waals surface area contributed by atoms with Crippen molar-refractivity contribution in [3.8, 4) is 5.75 Å². The zero-order valence-corrected chi connectivity index (χ0v) is 20.5. The summed E-state index contributed by atoms with van der Waals surface area (Å²) in [5.74, 6) is 3.44. The van der Waals surface area contributed by atoms with Crippen LogP contribution in [0.1, 0.15) is 102 Å². The van der Waals surface area contributed by atoms with Gasteiger partial charge in [0.05, 0.1) is 0 Å². The molecule has 32 heavy (non-hydrogen) atoms. The van der Waals surface area contributed by atoms with Crippen molar-refractivity contribution in [2.45, 2.75) is 96.8 Å². The van der Waals surface area contributed by atoms with Crippen molar-refractivity contribution in [1.82, 2.24) is 20.1 Å². The third kappa shape index (κ3) is 6.24. The molecule has 3 rings (SSSR count). The number of carbonyl (C=O) groups is 1. The van der Waals surface area contributed by atoms with Crippen LogP contribution < -0.4 is 10.1 Å². The summed E-state index contributed by atoms with van der Waals surface area (Å²) in [5.41, 5.74) is 0.774. The third-order valence-corrected chi connectivity index (χ3v) is 5.96. The summed E-state index contributed by atoms with van der Waals surface area (Å²) < 4.78 is 13.6. The van der Waals surface area contributed by atoms with Crippen LogP contribution in [-0.2, 0) is 11.8 Å². The lowest BCUT2D eigenvalue weighted by Gasteiger charge is -2.29. The van der Waals surface area contributed by atoms with Gasteiger partial charge in [0.25, 0.3) is 0 Å². The molecule has 176 valence electrons. The molecule has 0 bridgehead atoms. The molecule has 1 amide bonds. The van der Waals surface area contributed by atoms with E-state index in [9.17, 15) is 4.79 Å². The summed E-state index contributed by atoms with van der Waals surface area (Å²) in [5, 5.41) is 12.0. The normalized spacial score (nSPS) is 20.1. The summed E-state index contributed by atoms with van der Waals surface area (Å²) in [4.78, 5) is 12.0. The number of alkyl carbamates (subject to hydrolysis) is 1. The number of nitrogens with one attached hydrogen (secondary N) is 1. The molecule has 0 radical (unpaired) electrons. The summed E-state index contributed by atoms with van der Waals surface area (Å²) in [6, 6.07) is 8.37. The number of amides is 1. The van der Waals surface area contributed by atoms with E-state index in [2.05, 4.69) is 46.1 Å². The fraction of sp³-hybridized carbons (Fsp3) is 0.640. The standard InChI is InChI=1S/C25H38N4O3/c1-16(2)19-9-8-10-21(15-19)31-17(3)22-27-28-23(29(22)7)18-11-13-20(14-12-18)26-24(30)32-25(4,5)6/h8-10,15-18,20H,11-14H2,1-7H3,(H,26,30)/t17-,18-,20-/m1/s1. The Morgan fingerprint density at radius 3 is 2.44 bits per heavy atom. The predicted octanol–water partition coefficient (Wildman–Crippen LogP) is 5.63. The highest BCUT2D eigenvalue weighted by Crippen LogP contribution is 2.33. The first-order valence-corrected chi connectivity index (χ1v) is 11.7. The van der Waals surface area contributed by atoms with Gasteiger partial charge in [0.1, 0.15) is 17.2 Å². The average molecular weight is 443 g/mol. The zero-order chi connectivity index (χ0) is 23.5. The Morgan fingerprint density at radius 2 is 1.81 bits per heavy atom. The molecule has 7 heteroatoms. The van der Waals surface area contributed by atoms with E-state index in [0.717, 1.165) is 43.1 Å². The Kier molecular flexibility index (Phi) is 7.47. The minimum atomic E-state index is -0.481. The van der Waals surface area contributed by atoms with E-state index in [1.54, 1.807) is 0 Å². The topological polar surface area (TPSA) is 78.3 Å². The summed E-state index contributed by atoms with van der Waals surface area (Å²) in [6.07, 6.45) is 3.18. The van der Waals surface area contributed by atoms with Crippen LogP contribution in [0.5, 0.6) is 5.75 Å². The highest BCUT2D eigenvalue weighted by molar-refractivity contribution is 5.68. The Balaban J connectivity index is 1.58. The molecule has 1 saturated carbocycles. The molecule has 1 N–H and O–H groups in total. The lowest BCUT2D eigenvalue weighted by molar-refractivity contribution is 0.0491. The maximum absolute atomic E-state index is 12.0. The maximum Gasteiger partial charge on any atom is 0.407 e. The van der Waals surface area contributed by atoms with Crippen LogP contribution in [0.3, 0.4) is 0 Å². The second-order valence-electron chi connectivity index (χ2n) is 10.2. The number of nitrogens with zero attached hydrogens (tertiary/aromatic N) is 3. The van der Waals surface area contributed by atoms with Crippen LogP contribution >= 0.6 is 0 Å². The molecule has 0 aliphatic heterocycles. The van der Waals surface area contributed by atoms with Crippen molar-refractivity contribution in [2.24, 2.45) is 7.05 Å². The molecule has 1 aromatic heterocycles. The van der Waals surface area contributed by atoms with Gasteiger partial charge in [0, 0.05) is 19.0 Å². The number of hydrogen-bond donors (Lipinski definition) is 1. The fourth-order valence-electron chi connectivity index (χ4n) is 4.24. The molecule has 1 aromatic carbocycles. The molecule has 1 heterocycles. The van der Waals surface area contributed by atoms with Gasteiger partial charge in [-0.05, 0) is 77.0 Å². The molecule has 1 fully saturated rings. The zero-order valence-electron chi connectivity index (χ0n) is 20.5. The van der Waals surface area contributed by atoms with E-state index in [4.69, 9.17) is 9.47 Å². The molecule has 1 atom stereocenters. The van der Waals surface area contributed by atoms with E-state index < -0.39 is 5.60 Å². The molecule has 7 nitrogen and oxygen atoms in total. The number of benzene rings is 1. The Hall–Kier alpha value is -2.57. The van der Waals surface area contributed by atoms with Gasteiger partial charge in [-0.25, -0.2) is 4.79 Å². The van der Waals surface area contributed by atoms with Gasteiger partial charge in [0.15, 0.2) is 11.9 Å². The van der Waals surface area contributed by atoms with Crippen molar-refractivity contribution in [3.63, 3.8) is 0 Å². The second kappa shape index (κ2) is 9.92. The summed E-state index contributed by atoms with van der Waals surface area (Å²) in [6.45, 7) is 12.0. The van der Waals surface area contributed by atoms with Gasteiger partial charge in [-0.1, -0.05) is 26.0 Å². The largest absolute Gasteiger partial charge is 0.483 e. The molecule has 0 spiro atoms. The van der Waals surface area contributed by atoms with Crippen LogP contribution in [0.15, 0.2) is 24.3 Å². The third-order valence-electron chi connectivity index (χ3n) is 5.96. The smallest absolute Gasteiger partial charge is 0.407 e.